The maximum atomic E-state index is 13.2. The Hall–Kier alpha value is -3.78. The highest BCUT2D eigenvalue weighted by Gasteiger charge is 2.34. The predicted octanol–water partition coefficient (Wildman–Crippen LogP) is -0.0231. The molecular formula is C31H44N6O7S. The van der Waals surface area contributed by atoms with Gasteiger partial charge in [0.15, 0.2) is 0 Å². The normalized spacial score (nSPS) is 28.3. The standard InChI is InChI=1S/C31H44N6O7S/c1-19(2)28-29(39)32-20(3)30(40)37-16-6-8-25(35-37)31(41)44-21(4)24-13-12-23-11-10-22(18-26(23)33-24)14-17-36(45(5,42)43)15-7-9-27(38)34-28/h11-14,17-22,25,28,35H,6-10,15-16H2,1-5H3,(H,32,39)(H,34,38)/b17-14+/t20-,21+,22?,25-,28-/m0/s1. The number of hydrazine groups is 1. The number of esters is 1. The van der Waals surface area contributed by atoms with Gasteiger partial charge in [0.2, 0.25) is 21.8 Å². The number of fused-ring (bicyclic) bond motifs is 4. The molecule has 5 bridgehead atoms. The fraction of sp³-hybridized carbons (Fsp3) is 0.581. The van der Waals surface area contributed by atoms with Crippen LogP contribution >= 0.6 is 0 Å². The quantitative estimate of drug-likeness (QED) is 0.375. The van der Waals surface area contributed by atoms with E-state index in [1.54, 1.807) is 33.8 Å². The Kier molecular flexibility index (Phi) is 11.0. The van der Waals surface area contributed by atoms with Crippen LogP contribution < -0.4 is 26.6 Å². The van der Waals surface area contributed by atoms with Crippen LogP contribution in [0.1, 0.15) is 71.6 Å². The average molecular weight is 645 g/mol. The monoisotopic (exact) mass is 644 g/mol. The summed E-state index contributed by atoms with van der Waals surface area (Å²) in [6.45, 7) is 7.26. The summed E-state index contributed by atoms with van der Waals surface area (Å²) < 4.78 is 32.0. The number of allylic oxidation sites excluding steroid dienone is 1. The van der Waals surface area contributed by atoms with Gasteiger partial charge in [-0.1, -0.05) is 38.1 Å². The summed E-state index contributed by atoms with van der Waals surface area (Å²) >= 11 is 0. The zero-order valence-corrected chi connectivity index (χ0v) is 27.3. The van der Waals surface area contributed by atoms with Gasteiger partial charge in [0, 0.05) is 31.6 Å². The predicted molar refractivity (Wildman–Crippen MR) is 167 cm³/mol. The van der Waals surface area contributed by atoms with E-state index >= 15 is 0 Å². The lowest BCUT2D eigenvalue weighted by Crippen LogP contribution is -2.61. The molecule has 3 amide bonds. The minimum Gasteiger partial charge on any atom is -0.455 e. The number of nitrogens with one attached hydrogen (secondary N) is 3. The van der Waals surface area contributed by atoms with Gasteiger partial charge in [-0.05, 0) is 56.7 Å². The van der Waals surface area contributed by atoms with Gasteiger partial charge in [0.1, 0.15) is 24.2 Å². The van der Waals surface area contributed by atoms with Crippen LogP contribution in [-0.2, 0) is 33.9 Å². The second kappa shape index (κ2) is 14.5. The lowest BCUT2D eigenvalue weighted by molar-refractivity contribution is -0.157. The first kappa shape index (κ1) is 34.1. The number of carbonyl (C=O) groups excluding carboxylic acids is 4. The van der Waals surface area contributed by atoms with Crippen LogP contribution in [0.25, 0.3) is 12.2 Å². The smallest absolute Gasteiger partial charge is 0.325 e. The third-order valence-electron chi connectivity index (χ3n) is 8.11. The van der Waals surface area contributed by atoms with Crippen LogP contribution in [0.4, 0.5) is 0 Å². The van der Waals surface area contributed by atoms with Crippen molar-refractivity contribution in [2.75, 3.05) is 19.3 Å². The topological polar surface area (TPSA) is 167 Å². The van der Waals surface area contributed by atoms with Crippen molar-refractivity contribution in [3.8, 4) is 0 Å². The number of aromatic nitrogens is 1. The number of cyclic esters (lactones) is 1. The minimum atomic E-state index is -3.61. The van der Waals surface area contributed by atoms with Crippen molar-refractivity contribution < 1.29 is 32.3 Å². The Labute approximate surface area is 264 Å². The van der Waals surface area contributed by atoms with E-state index in [1.165, 1.54) is 15.5 Å². The van der Waals surface area contributed by atoms with Gasteiger partial charge in [-0.2, -0.15) is 0 Å². The number of sulfonamides is 1. The highest BCUT2D eigenvalue weighted by Crippen LogP contribution is 2.18. The first-order chi connectivity index (χ1) is 21.2. The Morgan fingerprint density at radius 2 is 1.80 bits per heavy atom. The Bertz CT molecular complexity index is 1560. The van der Waals surface area contributed by atoms with Crippen LogP contribution in [0.2, 0.25) is 0 Å². The molecule has 0 spiro atoms. The lowest BCUT2D eigenvalue weighted by atomic mass is 9.99. The molecule has 3 heterocycles. The van der Waals surface area contributed by atoms with E-state index in [2.05, 4.69) is 16.1 Å². The second-order valence-electron chi connectivity index (χ2n) is 12.2. The van der Waals surface area contributed by atoms with Gasteiger partial charge in [0.25, 0.3) is 5.91 Å². The number of hydrogen-bond donors (Lipinski definition) is 3. The van der Waals surface area contributed by atoms with E-state index in [1.807, 2.05) is 24.3 Å². The molecule has 246 valence electrons. The average Bonchev–Trinajstić information content (AvgIpc) is 2.99. The number of nitrogens with zero attached hydrogens (tertiary/aromatic N) is 3. The van der Waals surface area contributed by atoms with Gasteiger partial charge < -0.3 is 15.4 Å². The van der Waals surface area contributed by atoms with Crippen molar-refractivity contribution in [2.24, 2.45) is 11.8 Å². The maximum absolute atomic E-state index is 13.2. The maximum Gasteiger partial charge on any atom is 0.325 e. The van der Waals surface area contributed by atoms with E-state index in [-0.39, 0.29) is 31.2 Å². The van der Waals surface area contributed by atoms with Crippen molar-refractivity contribution >= 4 is 45.9 Å². The molecular weight excluding hydrogens is 600 g/mol. The summed E-state index contributed by atoms with van der Waals surface area (Å²) in [5, 5.41) is 8.38. The third-order valence-corrected chi connectivity index (χ3v) is 9.27. The number of carbonyl (C=O) groups is 4. The minimum absolute atomic E-state index is 0.00161. The molecule has 1 aromatic rings. The highest BCUT2D eigenvalue weighted by atomic mass is 32.2. The molecule has 1 saturated heterocycles. The molecule has 0 saturated carbocycles. The van der Waals surface area contributed by atoms with E-state index < -0.39 is 57.9 Å². The van der Waals surface area contributed by atoms with Gasteiger partial charge in [-0.3, -0.25) is 28.5 Å². The fourth-order valence-corrected chi connectivity index (χ4v) is 6.22. The van der Waals surface area contributed by atoms with Crippen molar-refractivity contribution in [1.82, 2.24) is 30.4 Å². The van der Waals surface area contributed by atoms with Crippen molar-refractivity contribution in [3.05, 3.63) is 40.7 Å². The van der Waals surface area contributed by atoms with Gasteiger partial charge in [0.05, 0.1) is 17.3 Å². The molecule has 1 fully saturated rings. The number of rotatable bonds is 2. The van der Waals surface area contributed by atoms with E-state index in [4.69, 9.17) is 9.72 Å². The molecule has 1 aromatic heterocycles. The number of hydrogen-bond acceptors (Lipinski definition) is 9. The van der Waals surface area contributed by atoms with Gasteiger partial charge in [-0.15, -0.1) is 0 Å². The third kappa shape index (κ3) is 8.91. The number of amides is 3. The number of ether oxygens (including phenoxy) is 1. The molecule has 1 unspecified atom stereocenters. The Balaban J connectivity index is 1.62. The summed E-state index contributed by atoms with van der Waals surface area (Å²) in [6.07, 6.45) is 9.64. The van der Waals surface area contributed by atoms with Gasteiger partial charge in [-0.25, -0.2) is 18.8 Å². The summed E-state index contributed by atoms with van der Waals surface area (Å²) in [6, 6.07) is 1.12. The molecule has 1 aliphatic carbocycles. The largest absolute Gasteiger partial charge is 0.455 e. The lowest BCUT2D eigenvalue weighted by Gasteiger charge is -2.35. The SMILES string of the molecule is CC(C)[C@@H]1NC(=O)CCCN(S(C)(=O)=O)/C=C/C2C=c3nc(ccc3=CC2)[C@@H](C)OC(=O)[C@@H]2CCCN(N2)C(=O)[C@H](C)NC1=O. The van der Waals surface area contributed by atoms with Crippen LogP contribution in [0.15, 0.2) is 24.4 Å². The fourth-order valence-electron chi connectivity index (χ4n) is 5.47. The first-order valence-corrected chi connectivity index (χ1v) is 17.3. The highest BCUT2D eigenvalue weighted by molar-refractivity contribution is 7.88. The van der Waals surface area contributed by atoms with Gasteiger partial charge >= 0.3 is 5.97 Å². The van der Waals surface area contributed by atoms with Crippen LogP contribution in [0, 0.1) is 11.8 Å². The summed E-state index contributed by atoms with van der Waals surface area (Å²) in [4.78, 5) is 57.1. The van der Waals surface area contributed by atoms with Crippen molar-refractivity contribution in [3.63, 3.8) is 0 Å². The molecule has 14 heteroatoms. The van der Waals surface area contributed by atoms with E-state index in [9.17, 15) is 27.6 Å². The van der Waals surface area contributed by atoms with E-state index in [0.29, 0.717) is 36.9 Å². The summed E-state index contributed by atoms with van der Waals surface area (Å²) in [5.41, 5.74) is 3.51. The molecule has 0 radical (unpaired) electrons. The van der Waals surface area contributed by atoms with Crippen LogP contribution in [0.5, 0.6) is 0 Å². The zero-order valence-electron chi connectivity index (χ0n) is 26.5. The molecule has 2 aliphatic heterocycles. The molecule has 3 aliphatic rings. The zero-order chi connectivity index (χ0) is 32.9. The molecule has 13 nitrogen and oxygen atoms in total. The van der Waals surface area contributed by atoms with Crippen LogP contribution in [0.3, 0.4) is 0 Å². The molecule has 45 heavy (non-hydrogen) atoms. The Morgan fingerprint density at radius 1 is 1.04 bits per heavy atom. The van der Waals surface area contributed by atoms with Crippen molar-refractivity contribution in [1.29, 1.82) is 0 Å². The number of pyridine rings is 1. The summed E-state index contributed by atoms with van der Waals surface area (Å²) in [7, 11) is -3.61. The Morgan fingerprint density at radius 3 is 2.51 bits per heavy atom. The van der Waals surface area contributed by atoms with Crippen molar-refractivity contribution in [2.45, 2.75) is 84.0 Å². The second-order valence-corrected chi connectivity index (χ2v) is 14.1. The molecule has 3 N–H and O–H groups in total. The summed E-state index contributed by atoms with van der Waals surface area (Å²) in [5.74, 6) is -2.28. The van der Waals surface area contributed by atoms with Crippen LogP contribution in [-0.4, -0.2) is 83.9 Å². The molecule has 5 atom stereocenters. The first-order valence-electron chi connectivity index (χ1n) is 15.4. The van der Waals surface area contributed by atoms with E-state index in [0.717, 1.165) is 11.5 Å². The molecule has 0 aromatic carbocycles. The molecule has 4 rings (SSSR count).